The Kier molecular flexibility index (Phi) is 3.84. The summed E-state index contributed by atoms with van der Waals surface area (Å²) in [5.41, 5.74) is 7.63. The molecule has 0 radical (unpaired) electrons. The van der Waals surface area contributed by atoms with Crippen LogP contribution in [-0.4, -0.2) is 16.3 Å². The highest BCUT2D eigenvalue weighted by Gasteiger charge is 2.27. The Morgan fingerprint density at radius 3 is 2.59 bits per heavy atom. The molecule has 96 valence electrons. The van der Waals surface area contributed by atoms with Gasteiger partial charge in [0.1, 0.15) is 5.76 Å². The van der Waals surface area contributed by atoms with E-state index in [1.165, 1.54) is 25.7 Å². The lowest BCUT2D eigenvalue weighted by atomic mass is 9.92. The van der Waals surface area contributed by atoms with Gasteiger partial charge in [0.25, 0.3) is 0 Å². The average Bonchev–Trinajstić information content (AvgIpc) is 2.89. The van der Waals surface area contributed by atoms with Crippen molar-refractivity contribution >= 4 is 0 Å². The minimum atomic E-state index is -0.651. The van der Waals surface area contributed by atoms with Crippen molar-refractivity contribution in [2.45, 2.75) is 58.1 Å². The summed E-state index contributed by atoms with van der Waals surface area (Å²) in [4.78, 5) is 0. The zero-order chi connectivity index (χ0) is 12.4. The van der Waals surface area contributed by atoms with Gasteiger partial charge in [-0.1, -0.05) is 30.8 Å². The fourth-order valence-electron chi connectivity index (χ4n) is 2.89. The first-order valence-electron chi connectivity index (χ1n) is 6.46. The van der Waals surface area contributed by atoms with Gasteiger partial charge in [-0.2, -0.15) is 0 Å². The van der Waals surface area contributed by atoms with Crippen molar-refractivity contribution in [1.82, 2.24) is 5.16 Å². The summed E-state index contributed by atoms with van der Waals surface area (Å²) in [7, 11) is 0. The Bertz CT molecular complexity index is 350. The van der Waals surface area contributed by atoms with Gasteiger partial charge in [-0.3, -0.25) is 0 Å². The SMILES string of the molecule is Cc1noc(C)c1C(O)C(N)CC1CCCC1. The van der Waals surface area contributed by atoms with Crippen LogP contribution in [0, 0.1) is 19.8 Å². The number of hydrogen-bond acceptors (Lipinski definition) is 4. The van der Waals surface area contributed by atoms with Crippen LogP contribution in [0.2, 0.25) is 0 Å². The van der Waals surface area contributed by atoms with Crippen LogP contribution >= 0.6 is 0 Å². The Morgan fingerprint density at radius 1 is 1.41 bits per heavy atom. The molecule has 4 nitrogen and oxygen atoms in total. The second kappa shape index (κ2) is 5.19. The van der Waals surface area contributed by atoms with Crippen LogP contribution in [0.15, 0.2) is 4.52 Å². The largest absolute Gasteiger partial charge is 0.387 e. The number of nitrogens with two attached hydrogens (primary N) is 1. The smallest absolute Gasteiger partial charge is 0.139 e. The lowest BCUT2D eigenvalue weighted by molar-refractivity contribution is 0.131. The van der Waals surface area contributed by atoms with Gasteiger partial charge in [0.05, 0.1) is 11.8 Å². The molecule has 0 amide bonds. The summed E-state index contributed by atoms with van der Waals surface area (Å²) in [5, 5.41) is 14.1. The molecule has 1 heterocycles. The van der Waals surface area contributed by atoms with E-state index in [1.807, 2.05) is 13.8 Å². The van der Waals surface area contributed by atoms with E-state index < -0.39 is 6.10 Å². The first kappa shape index (κ1) is 12.6. The monoisotopic (exact) mass is 238 g/mol. The summed E-state index contributed by atoms with van der Waals surface area (Å²) in [6.07, 6.45) is 5.36. The molecule has 0 bridgehead atoms. The van der Waals surface area contributed by atoms with Crippen molar-refractivity contribution in [3.63, 3.8) is 0 Å². The van der Waals surface area contributed by atoms with Crippen molar-refractivity contribution in [1.29, 1.82) is 0 Å². The minimum absolute atomic E-state index is 0.213. The van der Waals surface area contributed by atoms with E-state index in [0.717, 1.165) is 17.7 Å². The molecule has 4 heteroatoms. The second-order valence-electron chi connectivity index (χ2n) is 5.23. The van der Waals surface area contributed by atoms with Crippen molar-refractivity contribution in [2.75, 3.05) is 0 Å². The van der Waals surface area contributed by atoms with Crippen LogP contribution in [-0.2, 0) is 0 Å². The molecule has 0 aliphatic heterocycles. The number of nitrogens with zero attached hydrogens (tertiary/aromatic N) is 1. The second-order valence-corrected chi connectivity index (χ2v) is 5.23. The van der Waals surface area contributed by atoms with Crippen LogP contribution in [0.5, 0.6) is 0 Å². The van der Waals surface area contributed by atoms with E-state index in [1.54, 1.807) is 0 Å². The quantitative estimate of drug-likeness (QED) is 0.843. The molecule has 1 aromatic rings. The van der Waals surface area contributed by atoms with Gasteiger partial charge in [-0.15, -0.1) is 0 Å². The Morgan fingerprint density at radius 2 is 2.06 bits per heavy atom. The number of aliphatic hydroxyl groups is 1. The molecule has 1 aliphatic carbocycles. The van der Waals surface area contributed by atoms with Crippen molar-refractivity contribution in [2.24, 2.45) is 11.7 Å². The average molecular weight is 238 g/mol. The highest BCUT2D eigenvalue weighted by atomic mass is 16.5. The molecule has 0 saturated heterocycles. The standard InChI is InChI=1S/C13H22N2O2/c1-8-12(9(2)17-15-8)13(16)11(14)7-10-5-3-4-6-10/h10-11,13,16H,3-7,14H2,1-2H3. The third kappa shape index (κ3) is 2.69. The third-order valence-corrected chi connectivity index (χ3v) is 3.87. The van der Waals surface area contributed by atoms with E-state index >= 15 is 0 Å². The van der Waals surface area contributed by atoms with Gasteiger partial charge in [0.2, 0.25) is 0 Å². The van der Waals surface area contributed by atoms with Gasteiger partial charge in [-0.25, -0.2) is 0 Å². The molecule has 2 rings (SSSR count). The van der Waals surface area contributed by atoms with Gasteiger partial charge in [0.15, 0.2) is 0 Å². The molecular formula is C13H22N2O2. The zero-order valence-corrected chi connectivity index (χ0v) is 10.6. The Hall–Kier alpha value is -0.870. The lowest BCUT2D eigenvalue weighted by Crippen LogP contribution is -2.31. The van der Waals surface area contributed by atoms with E-state index in [9.17, 15) is 5.11 Å². The van der Waals surface area contributed by atoms with E-state index in [-0.39, 0.29) is 6.04 Å². The van der Waals surface area contributed by atoms with Crippen molar-refractivity contribution < 1.29 is 9.63 Å². The Labute approximate surface area is 102 Å². The van der Waals surface area contributed by atoms with Crippen LogP contribution in [0.4, 0.5) is 0 Å². The molecule has 1 aliphatic rings. The molecule has 0 aromatic carbocycles. The number of aryl methyl sites for hydroxylation is 2. The molecule has 1 fully saturated rings. The van der Waals surface area contributed by atoms with E-state index in [0.29, 0.717) is 11.7 Å². The van der Waals surface area contributed by atoms with Gasteiger partial charge in [-0.05, 0) is 26.2 Å². The van der Waals surface area contributed by atoms with Crippen molar-refractivity contribution in [3.8, 4) is 0 Å². The molecular weight excluding hydrogens is 216 g/mol. The molecule has 1 saturated carbocycles. The maximum atomic E-state index is 10.3. The molecule has 3 N–H and O–H groups in total. The normalized spacial score (nSPS) is 20.7. The number of aliphatic hydroxyl groups excluding tert-OH is 1. The van der Waals surface area contributed by atoms with Crippen LogP contribution in [0.1, 0.15) is 55.2 Å². The number of rotatable bonds is 4. The summed E-state index contributed by atoms with van der Waals surface area (Å²) in [5.74, 6) is 1.36. The first-order valence-corrected chi connectivity index (χ1v) is 6.46. The molecule has 1 aromatic heterocycles. The fourth-order valence-corrected chi connectivity index (χ4v) is 2.89. The summed E-state index contributed by atoms with van der Waals surface area (Å²) < 4.78 is 5.07. The van der Waals surface area contributed by atoms with Gasteiger partial charge < -0.3 is 15.4 Å². The lowest BCUT2D eigenvalue weighted by Gasteiger charge is -2.21. The first-order chi connectivity index (χ1) is 8.09. The summed E-state index contributed by atoms with van der Waals surface area (Å²) in [6, 6.07) is -0.213. The maximum Gasteiger partial charge on any atom is 0.139 e. The number of aromatic nitrogens is 1. The molecule has 0 spiro atoms. The van der Waals surface area contributed by atoms with Crippen LogP contribution < -0.4 is 5.73 Å². The molecule has 2 atom stereocenters. The summed E-state index contributed by atoms with van der Waals surface area (Å²) in [6.45, 7) is 3.66. The number of hydrogen-bond donors (Lipinski definition) is 2. The van der Waals surface area contributed by atoms with Gasteiger partial charge >= 0.3 is 0 Å². The highest BCUT2D eigenvalue weighted by Crippen LogP contribution is 2.32. The molecule has 2 unspecified atom stereocenters. The van der Waals surface area contributed by atoms with Gasteiger partial charge in [0, 0.05) is 11.6 Å². The van der Waals surface area contributed by atoms with Crippen LogP contribution in [0.25, 0.3) is 0 Å². The fraction of sp³-hybridized carbons (Fsp3) is 0.769. The van der Waals surface area contributed by atoms with E-state index in [4.69, 9.17) is 10.3 Å². The topological polar surface area (TPSA) is 72.3 Å². The predicted octanol–water partition coefficient (Wildman–Crippen LogP) is 2.23. The van der Waals surface area contributed by atoms with E-state index in [2.05, 4.69) is 5.16 Å². The molecule has 17 heavy (non-hydrogen) atoms. The van der Waals surface area contributed by atoms with Crippen molar-refractivity contribution in [3.05, 3.63) is 17.0 Å². The third-order valence-electron chi connectivity index (χ3n) is 3.87. The maximum absolute atomic E-state index is 10.3. The minimum Gasteiger partial charge on any atom is -0.387 e. The summed E-state index contributed by atoms with van der Waals surface area (Å²) >= 11 is 0. The zero-order valence-electron chi connectivity index (χ0n) is 10.6. The Balaban J connectivity index is 2.01. The predicted molar refractivity (Wildman–Crippen MR) is 65.5 cm³/mol. The highest BCUT2D eigenvalue weighted by molar-refractivity contribution is 5.24. The van der Waals surface area contributed by atoms with Crippen LogP contribution in [0.3, 0.4) is 0 Å².